The van der Waals surface area contributed by atoms with Crippen LogP contribution in [0, 0.1) is 13.8 Å². The molecule has 0 aromatic carbocycles. The van der Waals surface area contributed by atoms with Gasteiger partial charge in [0.1, 0.15) is 11.5 Å². The molecule has 7 heteroatoms. The van der Waals surface area contributed by atoms with Crippen molar-refractivity contribution in [2.24, 2.45) is 0 Å². The van der Waals surface area contributed by atoms with E-state index >= 15 is 0 Å². The highest BCUT2D eigenvalue weighted by atomic mass is 16.5. The van der Waals surface area contributed by atoms with Crippen molar-refractivity contribution in [2.75, 3.05) is 7.11 Å². The van der Waals surface area contributed by atoms with Crippen molar-refractivity contribution in [3.05, 3.63) is 29.4 Å². The molecule has 0 unspecified atom stereocenters. The first-order valence-corrected chi connectivity index (χ1v) is 5.01. The minimum Gasteiger partial charge on any atom is -0.464 e. The first kappa shape index (κ1) is 11.3. The number of rotatable bonds is 3. The Kier molecular flexibility index (Phi) is 2.90. The van der Waals surface area contributed by atoms with Crippen LogP contribution in [0.15, 0.2) is 10.7 Å². The quantitative estimate of drug-likeness (QED) is 0.730. The highest BCUT2D eigenvalue weighted by Gasteiger charge is 2.16. The van der Waals surface area contributed by atoms with E-state index in [-0.39, 0.29) is 0 Å². The third-order valence-corrected chi connectivity index (χ3v) is 2.32. The van der Waals surface area contributed by atoms with Crippen LogP contribution in [-0.4, -0.2) is 32.8 Å². The summed E-state index contributed by atoms with van der Waals surface area (Å²) in [5.74, 6) is 1.23. The monoisotopic (exact) mass is 236 g/mol. The van der Waals surface area contributed by atoms with Crippen LogP contribution in [0.2, 0.25) is 0 Å². The van der Waals surface area contributed by atoms with Gasteiger partial charge < -0.3 is 13.8 Å². The van der Waals surface area contributed by atoms with E-state index in [1.54, 1.807) is 18.4 Å². The third kappa shape index (κ3) is 2.17. The zero-order valence-corrected chi connectivity index (χ0v) is 9.80. The summed E-state index contributed by atoms with van der Waals surface area (Å²) in [5.41, 5.74) is 0.368. The smallest absolute Gasteiger partial charge is 0.356 e. The van der Waals surface area contributed by atoms with Crippen LogP contribution in [0.1, 0.15) is 28.0 Å². The van der Waals surface area contributed by atoms with Gasteiger partial charge in [0.25, 0.3) is 0 Å². The van der Waals surface area contributed by atoms with E-state index in [2.05, 4.69) is 19.9 Å². The number of imidazole rings is 1. The summed E-state index contributed by atoms with van der Waals surface area (Å²) in [6, 6.07) is 0. The second kappa shape index (κ2) is 4.36. The van der Waals surface area contributed by atoms with Gasteiger partial charge >= 0.3 is 5.97 Å². The molecule has 90 valence electrons. The number of carbonyl (C=O) groups is 1. The Morgan fingerprint density at radius 1 is 1.53 bits per heavy atom. The molecular formula is C10H12N4O3. The summed E-state index contributed by atoms with van der Waals surface area (Å²) in [6.45, 7) is 3.82. The van der Waals surface area contributed by atoms with Crippen molar-refractivity contribution in [1.82, 2.24) is 19.7 Å². The highest BCUT2D eigenvalue weighted by molar-refractivity contribution is 5.87. The highest BCUT2D eigenvalue weighted by Crippen LogP contribution is 2.09. The molecule has 2 aromatic rings. The molecule has 0 saturated carbocycles. The molecule has 0 saturated heterocycles. The van der Waals surface area contributed by atoms with Crippen LogP contribution in [0.3, 0.4) is 0 Å². The summed E-state index contributed by atoms with van der Waals surface area (Å²) in [4.78, 5) is 19.6. The number of hydrogen-bond donors (Lipinski definition) is 0. The number of esters is 1. The predicted molar refractivity (Wildman–Crippen MR) is 56.4 cm³/mol. The maximum atomic E-state index is 11.5. The van der Waals surface area contributed by atoms with Gasteiger partial charge in [-0.25, -0.2) is 9.78 Å². The van der Waals surface area contributed by atoms with Crippen LogP contribution in [0.5, 0.6) is 0 Å². The van der Waals surface area contributed by atoms with E-state index in [0.29, 0.717) is 29.8 Å². The number of aryl methyl sites for hydroxylation is 2. The van der Waals surface area contributed by atoms with E-state index in [1.165, 1.54) is 13.3 Å². The Balaban J connectivity index is 2.31. The van der Waals surface area contributed by atoms with Gasteiger partial charge in [-0.2, -0.15) is 4.98 Å². The lowest BCUT2D eigenvalue weighted by atomic mass is 10.4. The minimum atomic E-state index is -0.439. The normalized spacial score (nSPS) is 10.5. The molecule has 17 heavy (non-hydrogen) atoms. The molecule has 0 radical (unpaired) electrons. The van der Waals surface area contributed by atoms with Gasteiger partial charge in [-0.05, 0) is 6.92 Å². The molecular weight excluding hydrogens is 224 g/mol. The zero-order chi connectivity index (χ0) is 12.4. The van der Waals surface area contributed by atoms with Crippen molar-refractivity contribution < 1.29 is 14.1 Å². The molecule has 0 N–H and O–H groups in total. The average molecular weight is 236 g/mol. The standard InChI is InChI=1S/C10H12N4O3/c1-6-11-4-8(10(15)16-3)14(6)5-9-12-7(2)17-13-9/h4H,5H2,1-3H3. The topological polar surface area (TPSA) is 83.0 Å². The summed E-state index contributed by atoms with van der Waals surface area (Å²) < 4.78 is 11.2. The first-order chi connectivity index (χ1) is 8.11. The van der Waals surface area contributed by atoms with E-state index in [0.717, 1.165) is 0 Å². The van der Waals surface area contributed by atoms with Crippen molar-refractivity contribution in [2.45, 2.75) is 20.4 Å². The van der Waals surface area contributed by atoms with E-state index in [1.807, 2.05) is 0 Å². The number of hydrogen-bond acceptors (Lipinski definition) is 6. The van der Waals surface area contributed by atoms with Gasteiger partial charge in [0, 0.05) is 6.92 Å². The van der Waals surface area contributed by atoms with Gasteiger partial charge in [0.05, 0.1) is 19.9 Å². The Labute approximate surface area is 97.4 Å². The van der Waals surface area contributed by atoms with E-state index in [4.69, 9.17) is 4.52 Å². The zero-order valence-electron chi connectivity index (χ0n) is 9.80. The first-order valence-electron chi connectivity index (χ1n) is 5.01. The second-order valence-electron chi connectivity index (χ2n) is 3.50. The largest absolute Gasteiger partial charge is 0.464 e. The number of carbonyl (C=O) groups excluding carboxylic acids is 1. The molecule has 0 spiro atoms. The van der Waals surface area contributed by atoms with Crippen LogP contribution in [-0.2, 0) is 11.3 Å². The second-order valence-corrected chi connectivity index (χ2v) is 3.50. The molecule has 0 amide bonds. The molecule has 0 bridgehead atoms. The van der Waals surface area contributed by atoms with Crippen molar-refractivity contribution in [3.63, 3.8) is 0 Å². The summed E-state index contributed by atoms with van der Waals surface area (Å²) in [5, 5.41) is 3.77. The molecule has 0 aliphatic rings. The fourth-order valence-electron chi connectivity index (χ4n) is 1.48. The maximum Gasteiger partial charge on any atom is 0.356 e. The van der Waals surface area contributed by atoms with Crippen molar-refractivity contribution in [1.29, 1.82) is 0 Å². The Morgan fingerprint density at radius 3 is 2.88 bits per heavy atom. The molecule has 0 aliphatic heterocycles. The molecule has 7 nitrogen and oxygen atoms in total. The molecule has 0 atom stereocenters. The predicted octanol–water partition coefficient (Wildman–Crippen LogP) is 0.718. The van der Waals surface area contributed by atoms with Crippen molar-refractivity contribution >= 4 is 5.97 Å². The summed E-state index contributed by atoms with van der Waals surface area (Å²) >= 11 is 0. The fourth-order valence-corrected chi connectivity index (χ4v) is 1.48. The molecule has 2 heterocycles. The van der Waals surface area contributed by atoms with Gasteiger partial charge in [-0.1, -0.05) is 5.16 Å². The van der Waals surface area contributed by atoms with Gasteiger partial charge in [0.2, 0.25) is 5.89 Å². The molecule has 0 aliphatic carbocycles. The lowest BCUT2D eigenvalue weighted by molar-refractivity contribution is 0.0588. The van der Waals surface area contributed by atoms with Gasteiger partial charge in [-0.3, -0.25) is 0 Å². The van der Waals surface area contributed by atoms with Gasteiger partial charge in [-0.15, -0.1) is 0 Å². The number of methoxy groups -OCH3 is 1. The Bertz CT molecular complexity index is 543. The minimum absolute atomic E-state index is 0.327. The average Bonchev–Trinajstić information content (AvgIpc) is 2.87. The molecule has 0 fully saturated rings. The third-order valence-electron chi connectivity index (χ3n) is 2.32. The summed E-state index contributed by atoms with van der Waals surface area (Å²) in [7, 11) is 1.33. The Hall–Kier alpha value is -2.18. The Morgan fingerprint density at radius 2 is 2.29 bits per heavy atom. The fraction of sp³-hybridized carbons (Fsp3) is 0.400. The maximum absolute atomic E-state index is 11.5. The van der Waals surface area contributed by atoms with Crippen LogP contribution < -0.4 is 0 Å². The lowest BCUT2D eigenvalue weighted by Gasteiger charge is -2.05. The number of ether oxygens (including phenoxy) is 1. The van der Waals surface area contributed by atoms with E-state index in [9.17, 15) is 4.79 Å². The summed E-state index contributed by atoms with van der Waals surface area (Å²) in [6.07, 6.45) is 1.47. The molecule has 2 rings (SSSR count). The molecule has 2 aromatic heterocycles. The van der Waals surface area contributed by atoms with Crippen LogP contribution >= 0.6 is 0 Å². The van der Waals surface area contributed by atoms with Crippen LogP contribution in [0.25, 0.3) is 0 Å². The number of aromatic nitrogens is 4. The number of nitrogens with zero attached hydrogens (tertiary/aromatic N) is 4. The lowest BCUT2D eigenvalue weighted by Crippen LogP contribution is -2.13. The SMILES string of the molecule is COC(=O)c1cnc(C)n1Cc1noc(C)n1. The van der Waals surface area contributed by atoms with Crippen molar-refractivity contribution in [3.8, 4) is 0 Å². The van der Waals surface area contributed by atoms with Gasteiger partial charge in [0.15, 0.2) is 5.82 Å². The van der Waals surface area contributed by atoms with Crippen LogP contribution in [0.4, 0.5) is 0 Å². The van der Waals surface area contributed by atoms with E-state index < -0.39 is 5.97 Å².